The minimum Gasteiger partial charge on any atom is -0.495 e. The smallest absolute Gasteiger partial charge is 0.148 e. The summed E-state index contributed by atoms with van der Waals surface area (Å²) in [6.07, 6.45) is 7.37. The Morgan fingerprint density at radius 1 is 1.35 bits per heavy atom. The third-order valence-electron chi connectivity index (χ3n) is 4.32. The Bertz CT molecular complexity index is 444. The molecule has 2 rings (SSSR count). The number of rotatable bonds is 5. The Balaban J connectivity index is 2.14. The van der Waals surface area contributed by atoms with Crippen LogP contribution in [-0.4, -0.2) is 13.2 Å². The Morgan fingerprint density at radius 2 is 2.05 bits per heavy atom. The fourth-order valence-corrected chi connectivity index (χ4v) is 3.15. The predicted octanol–water partition coefficient (Wildman–Crippen LogP) is 4.19. The predicted molar refractivity (Wildman–Crippen MR) is 81.6 cm³/mol. The number of methoxy groups -OCH3 is 1. The lowest BCUT2D eigenvalue weighted by atomic mass is 9.83. The van der Waals surface area contributed by atoms with E-state index in [0.717, 1.165) is 6.42 Å². The molecule has 3 nitrogen and oxygen atoms in total. The maximum Gasteiger partial charge on any atom is 0.148 e. The number of nitrogens with two attached hydrogens (primary N) is 1. The second-order valence-corrected chi connectivity index (χ2v) is 5.63. The van der Waals surface area contributed by atoms with Crippen LogP contribution < -0.4 is 15.8 Å². The molecule has 0 radical (unpaired) electrons. The lowest BCUT2D eigenvalue weighted by Crippen LogP contribution is -2.30. The number of anilines is 2. The van der Waals surface area contributed by atoms with Crippen molar-refractivity contribution in [1.82, 2.24) is 0 Å². The van der Waals surface area contributed by atoms with Gasteiger partial charge in [0.25, 0.3) is 0 Å². The van der Waals surface area contributed by atoms with E-state index in [0.29, 0.717) is 29.1 Å². The summed E-state index contributed by atoms with van der Waals surface area (Å²) in [5, 5.41) is 3.36. The van der Waals surface area contributed by atoms with Crippen molar-refractivity contribution in [1.29, 1.82) is 0 Å². The Kier molecular flexibility index (Phi) is 5.10. The molecule has 4 heteroatoms. The van der Waals surface area contributed by atoms with Gasteiger partial charge in [0.2, 0.25) is 0 Å². The molecule has 1 unspecified atom stereocenters. The van der Waals surface area contributed by atoms with E-state index in [9.17, 15) is 4.39 Å². The number of halogens is 1. The molecule has 1 aromatic carbocycles. The molecule has 1 saturated carbocycles. The van der Waals surface area contributed by atoms with Gasteiger partial charge in [-0.3, -0.25) is 0 Å². The first-order chi connectivity index (χ1) is 9.65. The molecule has 0 aromatic heterocycles. The molecule has 0 amide bonds. The van der Waals surface area contributed by atoms with Gasteiger partial charge in [0.05, 0.1) is 18.5 Å². The van der Waals surface area contributed by atoms with Gasteiger partial charge in [0.15, 0.2) is 0 Å². The van der Waals surface area contributed by atoms with Crippen LogP contribution in [0.3, 0.4) is 0 Å². The van der Waals surface area contributed by atoms with E-state index in [-0.39, 0.29) is 5.82 Å². The number of ether oxygens (including phenoxy) is 1. The van der Waals surface area contributed by atoms with Gasteiger partial charge < -0.3 is 15.8 Å². The lowest BCUT2D eigenvalue weighted by Gasteiger charge is -2.31. The molecule has 1 aromatic rings. The maximum atomic E-state index is 14.0. The average Bonchev–Trinajstić information content (AvgIpc) is 2.47. The zero-order chi connectivity index (χ0) is 14.5. The summed E-state index contributed by atoms with van der Waals surface area (Å²) in [4.78, 5) is 0. The molecule has 1 atom stereocenters. The van der Waals surface area contributed by atoms with E-state index in [1.165, 1.54) is 38.2 Å². The molecular weight excluding hydrogens is 255 g/mol. The van der Waals surface area contributed by atoms with E-state index < -0.39 is 0 Å². The largest absolute Gasteiger partial charge is 0.495 e. The van der Waals surface area contributed by atoms with Crippen LogP contribution in [0.25, 0.3) is 0 Å². The summed E-state index contributed by atoms with van der Waals surface area (Å²) in [7, 11) is 1.55. The van der Waals surface area contributed by atoms with Gasteiger partial charge in [-0.25, -0.2) is 4.39 Å². The standard InChI is InChI=1S/C16H25FN2O/c1-3-14(11-7-5-4-6-8-11)19-15-10-16(20-2)13(18)9-12(15)17/h9-11,14,19H,3-8,18H2,1-2H3. The van der Waals surface area contributed by atoms with Gasteiger partial charge in [-0.05, 0) is 25.2 Å². The van der Waals surface area contributed by atoms with Crippen molar-refractivity contribution >= 4 is 11.4 Å². The number of hydrogen-bond acceptors (Lipinski definition) is 3. The number of nitrogens with one attached hydrogen (secondary N) is 1. The average molecular weight is 280 g/mol. The quantitative estimate of drug-likeness (QED) is 0.795. The summed E-state index contributed by atoms with van der Waals surface area (Å²) in [5.74, 6) is 0.849. The van der Waals surface area contributed by atoms with Gasteiger partial charge in [-0.15, -0.1) is 0 Å². The van der Waals surface area contributed by atoms with Gasteiger partial charge >= 0.3 is 0 Å². The molecule has 1 aliphatic carbocycles. The maximum absolute atomic E-state index is 14.0. The minimum atomic E-state index is -0.308. The first-order valence-electron chi connectivity index (χ1n) is 7.55. The van der Waals surface area contributed by atoms with Gasteiger partial charge in [0.1, 0.15) is 11.6 Å². The highest BCUT2D eigenvalue weighted by Gasteiger charge is 2.23. The molecule has 0 spiro atoms. The Labute approximate surface area is 120 Å². The highest BCUT2D eigenvalue weighted by atomic mass is 19.1. The summed E-state index contributed by atoms with van der Waals surface area (Å²) in [6.45, 7) is 2.15. The molecule has 0 aliphatic heterocycles. The van der Waals surface area contributed by atoms with Crippen molar-refractivity contribution in [3.63, 3.8) is 0 Å². The third-order valence-corrected chi connectivity index (χ3v) is 4.32. The van der Waals surface area contributed by atoms with Crippen molar-refractivity contribution in [3.05, 3.63) is 17.9 Å². The van der Waals surface area contributed by atoms with Crippen molar-refractivity contribution in [2.24, 2.45) is 5.92 Å². The van der Waals surface area contributed by atoms with E-state index in [4.69, 9.17) is 10.5 Å². The Morgan fingerprint density at radius 3 is 2.65 bits per heavy atom. The van der Waals surface area contributed by atoms with Crippen LogP contribution in [0.4, 0.5) is 15.8 Å². The van der Waals surface area contributed by atoms with Crippen LogP contribution in [-0.2, 0) is 0 Å². The van der Waals surface area contributed by atoms with E-state index >= 15 is 0 Å². The van der Waals surface area contributed by atoms with Crippen molar-refractivity contribution < 1.29 is 9.13 Å². The number of nitrogen functional groups attached to an aromatic ring is 1. The van der Waals surface area contributed by atoms with Crippen LogP contribution in [0.5, 0.6) is 5.75 Å². The van der Waals surface area contributed by atoms with Crippen LogP contribution in [0.1, 0.15) is 45.4 Å². The van der Waals surface area contributed by atoms with Crippen LogP contribution in [0.15, 0.2) is 12.1 Å². The van der Waals surface area contributed by atoms with Gasteiger partial charge in [-0.1, -0.05) is 26.2 Å². The topological polar surface area (TPSA) is 47.3 Å². The normalized spacial score (nSPS) is 17.8. The van der Waals surface area contributed by atoms with Crippen molar-refractivity contribution in [3.8, 4) is 5.75 Å². The molecule has 0 saturated heterocycles. The fraction of sp³-hybridized carbons (Fsp3) is 0.625. The highest BCUT2D eigenvalue weighted by molar-refractivity contribution is 5.62. The molecule has 20 heavy (non-hydrogen) atoms. The molecule has 112 valence electrons. The summed E-state index contributed by atoms with van der Waals surface area (Å²) in [6, 6.07) is 3.31. The van der Waals surface area contributed by atoms with E-state index in [1.807, 2.05) is 0 Å². The van der Waals surface area contributed by atoms with Crippen LogP contribution >= 0.6 is 0 Å². The van der Waals surface area contributed by atoms with Crippen molar-refractivity contribution in [2.75, 3.05) is 18.2 Å². The van der Waals surface area contributed by atoms with E-state index in [2.05, 4.69) is 12.2 Å². The SMILES string of the molecule is CCC(Nc1cc(OC)c(N)cc1F)C1CCCCC1. The lowest BCUT2D eigenvalue weighted by molar-refractivity contribution is 0.312. The van der Waals surface area contributed by atoms with Crippen molar-refractivity contribution in [2.45, 2.75) is 51.5 Å². The Hall–Kier alpha value is -1.45. The second-order valence-electron chi connectivity index (χ2n) is 5.63. The summed E-state index contributed by atoms with van der Waals surface area (Å²) in [5.41, 5.74) is 6.54. The van der Waals surface area contributed by atoms with Crippen LogP contribution in [0, 0.1) is 11.7 Å². The fourth-order valence-electron chi connectivity index (χ4n) is 3.15. The monoisotopic (exact) mass is 280 g/mol. The zero-order valence-corrected chi connectivity index (χ0v) is 12.4. The first-order valence-corrected chi connectivity index (χ1v) is 7.55. The molecule has 1 aliphatic rings. The van der Waals surface area contributed by atoms with Gasteiger partial charge in [-0.2, -0.15) is 0 Å². The van der Waals surface area contributed by atoms with E-state index in [1.54, 1.807) is 13.2 Å². The van der Waals surface area contributed by atoms with Crippen LogP contribution in [0.2, 0.25) is 0 Å². The molecule has 1 fully saturated rings. The molecular formula is C16H25FN2O. The first kappa shape index (κ1) is 14.9. The second kappa shape index (κ2) is 6.82. The summed E-state index contributed by atoms with van der Waals surface area (Å²) >= 11 is 0. The minimum absolute atomic E-state index is 0.308. The molecule has 0 bridgehead atoms. The molecule has 3 N–H and O–H groups in total. The highest BCUT2D eigenvalue weighted by Crippen LogP contribution is 2.33. The van der Waals surface area contributed by atoms with Gasteiger partial charge in [0, 0.05) is 18.2 Å². The molecule has 0 heterocycles. The zero-order valence-electron chi connectivity index (χ0n) is 12.4. The summed E-state index contributed by atoms with van der Waals surface area (Å²) < 4.78 is 19.2. The number of hydrogen-bond donors (Lipinski definition) is 2. The number of benzene rings is 1. The third kappa shape index (κ3) is 3.35.